The van der Waals surface area contributed by atoms with Crippen molar-refractivity contribution in [2.75, 3.05) is 6.54 Å². The van der Waals surface area contributed by atoms with Gasteiger partial charge in [0.2, 0.25) is 0 Å². The van der Waals surface area contributed by atoms with E-state index in [9.17, 15) is 5.11 Å². The van der Waals surface area contributed by atoms with Gasteiger partial charge in [0.05, 0.1) is 5.60 Å². The first-order valence-corrected chi connectivity index (χ1v) is 6.08. The highest BCUT2D eigenvalue weighted by atomic mass is 16.3. The van der Waals surface area contributed by atoms with Crippen molar-refractivity contribution < 1.29 is 5.11 Å². The van der Waals surface area contributed by atoms with Crippen LogP contribution in [0.15, 0.2) is 0 Å². The lowest BCUT2D eigenvalue weighted by Gasteiger charge is -2.41. The minimum atomic E-state index is -0.444. The van der Waals surface area contributed by atoms with Crippen LogP contribution in [0.4, 0.5) is 0 Å². The van der Waals surface area contributed by atoms with Crippen LogP contribution in [-0.4, -0.2) is 17.3 Å². The van der Waals surface area contributed by atoms with Crippen LogP contribution in [0.2, 0.25) is 0 Å². The van der Waals surface area contributed by atoms with Gasteiger partial charge in [-0.3, -0.25) is 0 Å². The van der Waals surface area contributed by atoms with E-state index in [1.54, 1.807) is 0 Å². The van der Waals surface area contributed by atoms with E-state index in [0.717, 1.165) is 24.7 Å². The Hall–Kier alpha value is -0.0800. The van der Waals surface area contributed by atoms with Crippen molar-refractivity contribution in [1.29, 1.82) is 0 Å². The fraction of sp³-hybridized carbons (Fsp3) is 1.00. The fourth-order valence-electron chi connectivity index (χ4n) is 2.97. The summed E-state index contributed by atoms with van der Waals surface area (Å²) in [5.41, 5.74) is 5.22. The van der Waals surface area contributed by atoms with Crippen LogP contribution in [-0.2, 0) is 0 Å². The summed E-state index contributed by atoms with van der Waals surface area (Å²) in [5, 5.41) is 10.5. The molecule has 2 nitrogen and oxygen atoms in total. The molecule has 14 heavy (non-hydrogen) atoms. The zero-order chi connectivity index (χ0) is 10.2. The second-order valence-corrected chi connectivity index (χ2v) is 5.43. The number of aliphatic hydroxyl groups is 1. The smallest absolute Gasteiger partial charge is 0.0688 e. The predicted molar refractivity (Wildman–Crippen MR) is 57.9 cm³/mol. The van der Waals surface area contributed by atoms with E-state index < -0.39 is 5.60 Å². The van der Waals surface area contributed by atoms with Gasteiger partial charge in [-0.25, -0.2) is 0 Å². The zero-order valence-corrected chi connectivity index (χ0v) is 9.21. The molecule has 2 aliphatic rings. The quantitative estimate of drug-likeness (QED) is 0.726. The van der Waals surface area contributed by atoms with Crippen LogP contribution in [0.5, 0.6) is 0 Å². The maximum atomic E-state index is 10.5. The standard InChI is InChI=1S/C12H23NO/c1-9(8-13)12(14)6-2-3-11(7-12)10-4-5-10/h9-11,14H,2-8,13H2,1H3. The van der Waals surface area contributed by atoms with E-state index in [0.29, 0.717) is 6.54 Å². The summed E-state index contributed by atoms with van der Waals surface area (Å²) < 4.78 is 0. The molecule has 0 amide bonds. The van der Waals surface area contributed by atoms with Crippen LogP contribution < -0.4 is 5.73 Å². The average molecular weight is 197 g/mol. The van der Waals surface area contributed by atoms with Crippen molar-refractivity contribution in [3.05, 3.63) is 0 Å². The Balaban J connectivity index is 1.97. The largest absolute Gasteiger partial charge is 0.390 e. The Morgan fingerprint density at radius 2 is 2.07 bits per heavy atom. The molecule has 0 radical (unpaired) electrons. The maximum absolute atomic E-state index is 10.5. The molecule has 0 aromatic heterocycles. The summed E-state index contributed by atoms with van der Waals surface area (Å²) in [4.78, 5) is 0. The van der Waals surface area contributed by atoms with Crippen LogP contribution in [0, 0.1) is 17.8 Å². The second kappa shape index (κ2) is 3.82. The van der Waals surface area contributed by atoms with Gasteiger partial charge >= 0.3 is 0 Å². The number of rotatable bonds is 3. The normalized spacial score (nSPS) is 40.9. The molecule has 2 saturated carbocycles. The molecule has 3 N–H and O–H groups in total. The molecule has 3 atom stereocenters. The van der Waals surface area contributed by atoms with Crippen LogP contribution >= 0.6 is 0 Å². The monoisotopic (exact) mass is 197 g/mol. The minimum absolute atomic E-state index is 0.268. The molecular formula is C12H23NO. The highest BCUT2D eigenvalue weighted by Crippen LogP contribution is 2.48. The molecule has 2 heteroatoms. The van der Waals surface area contributed by atoms with Gasteiger partial charge in [0.25, 0.3) is 0 Å². The van der Waals surface area contributed by atoms with Gasteiger partial charge in [-0.1, -0.05) is 13.3 Å². The first-order valence-electron chi connectivity index (χ1n) is 6.08. The molecule has 82 valence electrons. The lowest BCUT2D eigenvalue weighted by Crippen LogP contribution is -2.44. The van der Waals surface area contributed by atoms with E-state index in [1.165, 1.54) is 25.7 Å². The average Bonchev–Trinajstić information content (AvgIpc) is 3.00. The van der Waals surface area contributed by atoms with Crippen LogP contribution in [0.3, 0.4) is 0 Å². The molecule has 0 heterocycles. The second-order valence-electron chi connectivity index (χ2n) is 5.43. The summed E-state index contributed by atoms with van der Waals surface area (Å²) in [6.07, 6.45) is 7.31. The Labute approximate surface area is 86.9 Å². The van der Waals surface area contributed by atoms with Crippen molar-refractivity contribution in [2.24, 2.45) is 23.5 Å². The van der Waals surface area contributed by atoms with E-state index in [1.807, 2.05) is 0 Å². The molecule has 0 saturated heterocycles. The molecular weight excluding hydrogens is 174 g/mol. The van der Waals surface area contributed by atoms with Gasteiger partial charge in [0.15, 0.2) is 0 Å². The fourth-order valence-corrected chi connectivity index (χ4v) is 2.97. The lowest BCUT2D eigenvalue weighted by atomic mass is 9.70. The highest BCUT2D eigenvalue weighted by molar-refractivity contribution is 4.95. The van der Waals surface area contributed by atoms with Crippen molar-refractivity contribution in [1.82, 2.24) is 0 Å². The molecule has 0 bridgehead atoms. The van der Waals surface area contributed by atoms with Crippen molar-refractivity contribution in [2.45, 2.75) is 51.0 Å². The summed E-state index contributed by atoms with van der Waals surface area (Å²) >= 11 is 0. The molecule has 2 rings (SSSR count). The van der Waals surface area contributed by atoms with Gasteiger partial charge < -0.3 is 10.8 Å². The summed E-state index contributed by atoms with van der Waals surface area (Å²) in [6, 6.07) is 0. The van der Waals surface area contributed by atoms with Crippen molar-refractivity contribution >= 4 is 0 Å². The van der Waals surface area contributed by atoms with E-state index >= 15 is 0 Å². The van der Waals surface area contributed by atoms with Crippen molar-refractivity contribution in [3.63, 3.8) is 0 Å². The lowest BCUT2D eigenvalue weighted by molar-refractivity contribution is -0.0598. The van der Waals surface area contributed by atoms with Gasteiger partial charge in [0, 0.05) is 0 Å². The number of nitrogens with two attached hydrogens (primary N) is 1. The molecule has 0 aromatic carbocycles. The molecule has 3 unspecified atom stereocenters. The first kappa shape index (κ1) is 10.4. The summed E-state index contributed by atoms with van der Waals surface area (Å²) in [7, 11) is 0. The molecule has 2 aliphatic carbocycles. The van der Waals surface area contributed by atoms with Crippen LogP contribution in [0.1, 0.15) is 45.4 Å². The Bertz CT molecular complexity index is 202. The third kappa shape index (κ3) is 1.96. The van der Waals surface area contributed by atoms with Crippen molar-refractivity contribution in [3.8, 4) is 0 Å². The SMILES string of the molecule is CC(CN)C1(O)CCCC(C2CC2)C1. The molecule has 2 fully saturated rings. The van der Waals surface area contributed by atoms with E-state index in [4.69, 9.17) is 5.73 Å². The Morgan fingerprint density at radius 1 is 1.36 bits per heavy atom. The predicted octanol–water partition coefficient (Wildman–Crippen LogP) is 1.91. The minimum Gasteiger partial charge on any atom is -0.390 e. The Morgan fingerprint density at radius 3 is 2.64 bits per heavy atom. The van der Waals surface area contributed by atoms with Gasteiger partial charge in [0.1, 0.15) is 0 Å². The summed E-state index contributed by atoms with van der Waals surface area (Å²) in [5.74, 6) is 2.00. The molecule has 0 spiro atoms. The van der Waals surface area contributed by atoms with Gasteiger partial charge in [-0.15, -0.1) is 0 Å². The first-order chi connectivity index (χ1) is 6.65. The molecule has 0 aromatic rings. The van der Waals surface area contributed by atoms with E-state index in [2.05, 4.69) is 6.92 Å². The zero-order valence-electron chi connectivity index (χ0n) is 9.21. The third-order valence-corrected chi connectivity index (χ3v) is 4.36. The number of hydrogen-bond acceptors (Lipinski definition) is 2. The highest BCUT2D eigenvalue weighted by Gasteiger charge is 2.43. The molecule has 0 aliphatic heterocycles. The Kier molecular flexibility index (Phi) is 2.85. The summed E-state index contributed by atoms with van der Waals surface area (Å²) in [6.45, 7) is 2.71. The third-order valence-electron chi connectivity index (χ3n) is 4.36. The van der Waals surface area contributed by atoms with Gasteiger partial charge in [-0.05, 0) is 56.4 Å². The topological polar surface area (TPSA) is 46.2 Å². The number of hydrogen-bond donors (Lipinski definition) is 2. The van der Waals surface area contributed by atoms with Crippen LogP contribution in [0.25, 0.3) is 0 Å². The van der Waals surface area contributed by atoms with Gasteiger partial charge in [-0.2, -0.15) is 0 Å². The maximum Gasteiger partial charge on any atom is 0.0688 e. The van der Waals surface area contributed by atoms with E-state index in [-0.39, 0.29) is 5.92 Å².